The number of hydrogen-bond acceptors (Lipinski definition) is 2. The highest BCUT2D eigenvalue weighted by Crippen LogP contribution is 2.20. The van der Waals surface area contributed by atoms with E-state index < -0.39 is 9.28 Å². The molecule has 1 unspecified atom stereocenters. The van der Waals surface area contributed by atoms with Crippen molar-refractivity contribution in [2.75, 3.05) is 13.2 Å². The minimum atomic E-state index is -1.40. The Morgan fingerprint density at radius 2 is 1.28 bits per heavy atom. The Hall–Kier alpha value is 0.137. The maximum atomic E-state index is 5.77. The van der Waals surface area contributed by atoms with Crippen LogP contribution in [0.25, 0.3) is 0 Å². The van der Waals surface area contributed by atoms with Crippen LogP contribution in [0, 0.1) is 0 Å². The normalized spacial score (nSPS) is 13.2. The van der Waals surface area contributed by atoms with E-state index in [4.69, 9.17) is 8.85 Å². The summed E-state index contributed by atoms with van der Waals surface area (Å²) in [6, 6.07) is 0. The molecule has 0 N–H and O–H groups in total. The zero-order valence-corrected chi connectivity index (χ0v) is 14.2. The molecule has 0 aliphatic rings. The predicted molar refractivity (Wildman–Crippen MR) is 82.4 cm³/mol. The summed E-state index contributed by atoms with van der Waals surface area (Å²) in [5.41, 5.74) is 0.653. The minimum absolute atomic E-state index is 0.653. The van der Waals surface area contributed by atoms with Crippen LogP contribution in [0.2, 0.25) is 5.54 Å². The second-order valence-electron chi connectivity index (χ2n) is 5.17. The highest BCUT2D eigenvalue weighted by Gasteiger charge is 2.20. The molecule has 0 amide bonds. The lowest BCUT2D eigenvalue weighted by molar-refractivity contribution is 0.203. The molecule has 0 fully saturated rings. The molecule has 0 aliphatic heterocycles. The summed E-state index contributed by atoms with van der Waals surface area (Å²) in [7, 11) is -1.40. The van der Waals surface area contributed by atoms with E-state index in [9.17, 15) is 0 Å². The van der Waals surface area contributed by atoms with Crippen molar-refractivity contribution in [1.29, 1.82) is 0 Å². The van der Waals surface area contributed by atoms with Crippen LogP contribution >= 0.6 is 0 Å². The van der Waals surface area contributed by atoms with E-state index in [-0.39, 0.29) is 0 Å². The molecule has 2 nitrogen and oxygen atoms in total. The second kappa shape index (κ2) is 13.6. The molecule has 3 heteroatoms. The molecule has 0 rings (SSSR count). The highest BCUT2D eigenvalue weighted by atomic mass is 28.3. The average molecular weight is 275 g/mol. The monoisotopic (exact) mass is 274 g/mol. The van der Waals surface area contributed by atoms with Gasteiger partial charge >= 0.3 is 9.28 Å². The van der Waals surface area contributed by atoms with Crippen molar-refractivity contribution in [2.45, 2.75) is 84.6 Å². The fourth-order valence-corrected chi connectivity index (χ4v) is 4.18. The molecule has 110 valence electrons. The van der Waals surface area contributed by atoms with E-state index in [1.807, 2.05) is 0 Å². The van der Waals surface area contributed by atoms with Crippen molar-refractivity contribution < 1.29 is 8.85 Å². The number of unbranched alkanes of at least 4 members (excludes halogenated alkanes) is 6. The first-order chi connectivity index (χ1) is 8.76. The fourth-order valence-electron chi connectivity index (χ4n) is 2.26. The van der Waals surface area contributed by atoms with E-state index in [1.54, 1.807) is 0 Å². The van der Waals surface area contributed by atoms with E-state index in [0.29, 0.717) is 5.54 Å². The molecule has 0 heterocycles. The molecule has 0 saturated heterocycles. The van der Waals surface area contributed by atoms with Crippen LogP contribution in [-0.2, 0) is 8.85 Å². The van der Waals surface area contributed by atoms with Gasteiger partial charge in [-0.3, -0.25) is 0 Å². The minimum Gasteiger partial charge on any atom is -0.397 e. The van der Waals surface area contributed by atoms with Gasteiger partial charge in [-0.2, -0.15) is 0 Å². The van der Waals surface area contributed by atoms with Crippen LogP contribution in [0.3, 0.4) is 0 Å². The summed E-state index contributed by atoms with van der Waals surface area (Å²) >= 11 is 0. The van der Waals surface area contributed by atoms with Gasteiger partial charge in [0.2, 0.25) is 0 Å². The number of rotatable bonds is 13. The SMILES string of the molecule is CCCCCCCCCC(C)[SiH](OCC)OCC. The summed E-state index contributed by atoms with van der Waals surface area (Å²) in [6.07, 6.45) is 11.0. The first-order valence-electron chi connectivity index (χ1n) is 7.99. The Balaban J connectivity index is 3.51. The Labute approximate surface area is 116 Å². The van der Waals surface area contributed by atoms with E-state index in [2.05, 4.69) is 27.7 Å². The lowest BCUT2D eigenvalue weighted by atomic mass is 10.1. The summed E-state index contributed by atoms with van der Waals surface area (Å²) in [6.45, 7) is 10.3. The first-order valence-corrected chi connectivity index (χ1v) is 9.60. The van der Waals surface area contributed by atoms with Gasteiger partial charge in [0, 0.05) is 13.2 Å². The lowest BCUT2D eigenvalue weighted by Crippen LogP contribution is -2.27. The quantitative estimate of drug-likeness (QED) is 0.354. The Morgan fingerprint density at radius 1 is 0.778 bits per heavy atom. The summed E-state index contributed by atoms with van der Waals surface area (Å²) in [5.74, 6) is 0. The van der Waals surface area contributed by atoms with Gasteiger partial charge in [0.25, 0.3) is 0 Å². The zero-order chi connectivity index (χ0) is 13.6. The van der Waals surface area contributed by atoms with Crippen LogP contribution in [0.1, 0.15) is 79.1 Å². The molecule has 0 saturated carbocycles. The molecular weight excluding hydrogens is 240 g/mol. The third kappa shape index (κ3) is 10.1. The third-order valence-corrected chi connectivity index (χ3v) is 5.98. The smallest absolute Gasteiger partial charge is 0.324 e. The third-order valence-electron chi connectivity index (χ3n) is 3.39. The van der Waals surface area contributed by atoms with E-state index >= 15 is 0 Å². The van der Waals surface area contributed by atoms with Crippen LogP contribution in [0.15, 0.2) is 0 Å². The predicted octanol–water partition coefficient (Wildman–Crippen LogP) is 4.81. The lowest BCUT2D eigenvalue weighted by Gasteiger charge is -2.21. The number of hydrogen-bond donors (Lipinski definition) is 0. The molecule has 0 spiro atoms. The zero-order valence-electron chi connectivity index (χ0n) is 13.0. The summed E-state index contributed by atoms with van der Waals surface area (Å²) in [4.78, 5) is 0. The van der Waals surface area contributed by atoms with Crippen LogP contribution < -0.4 is 0 Å². The molecule has 18 heavy (non-hydrogen) atoms. The molecule has 1 atom stereocenters. The summed E-state index contributed by atoms with van der Waals surface area (Å²) in [5, 5.41) is 0. The topological polar surface area (TPSA) is 18.5 Å². The van der Waals surface area contributed by atoms with Gasteiger partial charge in [0.05, 0.1) is 0 Å². The maximum Gasteiger partial charge on any atom is 0.324 e. The highest BCUT2D eigenvalue weighted by molar-refractivity contribution is 6.46. The fraction of sp³-hybridized carbons (Fsp3) is 1.00. The standard InChI is InChI=1S/C15H34O2Si/c1-5-8-9-10-11-12-13-14-15(4)18(16-6-2)17-7-3/h15,18H,5-14H2,1-4H3. The van der Waals surface area contributed by atoms with E-state index in [0.717, 1.165) is 13.2 Å². The molecule has 0 radical (unpaired) electrons. The Morgan fingerprint density at radius 3 is 1.78 bits per heavy atom. The first kappa shape index (κ1) is 18.1. The van der Waals surface area contributed by atoms with Crippen molar-refractivity contribution in [1.82, 2.24) is 0 Å². The van der Waals surface area contributed by atoms with Crippen molar-refractivity contribution >= 4 is 9.28 Å². The molecule has 0 aromatic carbocycles. The van der Waals surface area contributed by atoms with Crippen molar-refractivity contribution in [2.24, 2.45) is 0 Å². The molecule has 0 aromatic rings. The van der Waals surface area contributed by atoms with Gasteiger partial charge in [0.1, 0.15) is 0 Å². The van der Waals surface area contributed by atoms with Gasteiger partial charge in [0.15, 0.2) is 0 Å². The van der Waals surface area contributed by atoms with E-state index in [1.165, 1.54) is 51.4 Å². The van der Waals surface area contributed by atoms with Crippen molar-refractivity contribution in [3.8, 4) is 0 Å². The molecule has 0 bridgehead atoms. The molecule has 0 aromatic heterocycles. The second-order valence-corrected chi connectivity index (χ2v) is 7.71. The van der Waals surface area contributed by atoms with Crippen LogP contribution in [0.5, 0.6) is 0 Å². The van der Waals surface area contributed by atoms with Crippen LogP contribution in [0.4, 0.5) is 0 Å². The molecule has 0 aliphatic carbocycles. The Bertz CT molecular complexity index is 159. The van der Waals surface area contributed by atoms with Gasteiger partial charge in [-0.05, 0) is 25.8 Å². The van der Waals surface area contributed by atoms with Gasteiger partial charge < -0.3 is 8.85 Å². The van der Waals surface area contributed by atoms with Gasteiger partial charge in [-0.1, -0.05) is 58.8 Å². The van der Waals surface area contributed by atoms with Crippen molar-refractivity contribution in [3.05, 3.63) is 0 Å². The average Bonchev–Trinajstić information content (AvgIpc) is 2.37. The van der Waals surface area contributed by atoms with Gasteiger partial charge in [-0.15, -0.1) is 0 Å². The van der Waals surface area contributed by atoms with Gasteiger partial charge in [-0.25, -0.2) is 0 Å². The Kier molecular flexibility index (Phi) is 13.7. The summed E-state index contributed by atoms with van der Waals surface area (Å²) < 4.78 is 11.5. The maximum absolute atomic E-state index is 5.77. The largest absolute Gasteiger partial charge is 0.397 e. The van der Waals surface area contributed by atoms with Crippen molar-refractivity contribution in [3.63, 3.8) is 0 Å². The molecular formula is C15H34O2Si. The van der Waals surface area contributed by atoms with Crippen LogP contribution in [-0.4, -0.2) is 22.5 Å².